The molecule has 0 radical (unpaired) electrons. The van der Waals surface area contributed by atoms with Crippen molar-refractivity contribution >= 4 is 0 Å². The van der Waals surface area contributed by atoms with Crippen molar-refractivity contribution in [1.29, 1.82) is 0 Å². The number of benzene rings is 1. The number of nitrogens with one attached hydrogen (secondary N) is 1. The highest BCUT2D eigenvalue weighted by Crippen LogP contribution is 2.23. The fourth-order valence-corrected chi connectivity index (χ4v) is 1.70. The van der Waals surface area contributed by atoms with Crippen LogP contribution in [0.3, 0.4) is 0 Å². The lowest BCUT2D eigenvalue weighted by Crippen LogP contribution is -2.06. The average Bonchev–Trinajstić information content (AvgIpc) is 2.31. The van der Waals surface area contributed by atoms with Crippen LogP contribution in [-0.4, -0.2) is 12.0 Å². The molecule has 1 heterocycles. The lowest BCUT2D eigenvalue weighted by molar-refractivity contribution is 0.624. The van der Waals surface area contributed by atoms with Crippen molar-refractivity contribution in [3.63, 3.8) is 0 Å². The van der Waals surface area contributed by atoms with Crippen LogP contribution >= 0.6 is 0 Å². The molecule has 0 amide bonds. The van der Waals surface area contributed by atoms with Gasteiger partial charge >= 0.3 is 0 Å². The fourth-order valence-electron chi connectivity index (χ4n) is 1.70. The third-order valence-corrected chi connectivity index (χ3v) is 2.41. The van der Waals surface area contributed by atoms with Crippen LogP contribution in [0, 0.1) is 5.82 Å². The number of aromatic nitrogens is 1. The van der Waals surface area contributed by atoms with Crippen LogP contribution in [0.5, 0.6) is 0 Å². The van der Waals surface area contributed by atoms with E-state index in [-0.39, 0.29) is 5.82 Å². The van der Waals surface area contributed by atoms with E-state index in [0.29, 0.717) is 6.54 Å². The van der Waals surface area contributed by atoms with E-state index in [1.807, 2.05) is 19.2 Å². The summed E-state index contributed by atoms with van der Waals surface area (Å²) < 4.78 is 13.1. The van der Waals surface area contributed by atoms with Crippen molar-refractivity contribution in [2.24, 2.45) is 0 Å². The predicted molar refractivity (Wildman–Crippen MR) is 62.4 cm³/mol. The Balaban J connectivity index is 2.48. The predicted octanol–water partition coefficient (Wildman–Crippen LogP) is 2.61. The molecule has 0 aliphatic rings. The van der Waals surface area contributed by atoms with Gasteiger partial charge in [-0.15, -0.1) is 0 Å². The molecule has 0 atom stereocenters. The zero-order valence-electron chi connectivity index (χ0n) is 9.07. The van der Waals surface area contributed by atoms with Crippen LogP contribution in [0.25, 0.3) is 11.1 Å². The summed E-state index contributed by atoms with van der Waals surface area (Å²) in [6.45, 7) is 0.641. The van der Waals surface area contributed by atoms with E-state index in [0.717, 1.165) is 16.7 Å². The minimum absolute atomic E-state index is 0.210. The zero-order valence-corrected chi connectivity index (χ0v) is 9.07. The fraction of sp³-hybridized carbons (Fsp3) is 0.154. The van der Waals surface area contributed by atoms with E-state index in [4.69, 9.17) is 0 Å². The molecule has 82 valence electrons. The Labute approximate surface area is 94.2 Å². The second-order valence-electron chi connectivity index (χ2n) is 3.57. The van der Waals surface area contributed by atoms with Crippen molar-refractivity contribution in [2.75, 3.05) is 7.05 Å². The normalized spacial score (nSPS) is 10.4. The highest BCUT2D eigenvalue weighted by Gasteiger charge is 2.05. The van der Waals surface area contributed by atoms with Crippen LogP contribution in [0.4, 0.5) is 4.39 Å². The van der Waals surface area contributed by atoms with E-state index in [1.54, 1.807) is 24.5 Å². The van der Waals surface area contributed by atoms with Gasteiger partial charge in [-0.05, 0) is 36.4 Å². The summed E-state index contributed by atoms with van der Waals surface area (Å²) in [4.78, 5) is 4.07. The molecule has 0 saturated heterocycles. The molecule has 0 fully saturated rings. The van der Waals surface area contributed by atoms with Gasteiger partial charge in [-0.25, -0.2) is 4.39 Å². The summed E-state index contributed by atoms with van der Waals surface area (Å²) in [5.74, 6) is -0.210. The molecule has 0 saturated carbocycles. The van der Waals surface area contributed by atoms with Gasteiger partial charge in [0.25, 0.3) is 0 Å². The Morgan fingerprint density at radius 3 is 2.88 bits per heavy atom. The van der Waals surface area contributed by atoms with Gasteiger partial charge in [0.2, 0.25) is 0 Å². The number of hydrogen-bond donors (Lipinski definition) is 1. The Morgan fingerprint density at radius 1 is 1.31 bits per heavy atom. The minimum Gasteiger partial charge on any atom is -0.316 e. The van der Waals surface area contributed by atoms with Crippen LogP contribution in [-0.2, 0) is 6.54 Å². The third-order valence-electron chi connectivity index (χ3n) is 2.41. The molecule has 2 nitrogen and oxygen atoms in total. The molecule has 0 spiro atoms. The average molecular weight is 216 g/mol. The Bertz CT molecular complexity index is 469. The number of rotatable bonds is 3. The molecule has 0 unspecified atom stereocenters. The second kappa shape index (κ2) is 4.86. The highest BCUT2D eigenvalue weighted by molar-refractivity contribution is 5.66. The largest absolute Gasteiger partial charge is 0.316 e. The molecule has 16 heavy (non-hydrogen) atoms. The van der Waals surface area contributed by atoms with Gasteiger partial charge in [0.05, 0.1) is 0 Å². The lowest BCUT2D eigenvalue weighted by Gasteiger charge is -2.09. The van der Waals surface area contributed by atoms with Crippen LogP contribution in [0.2, 0.25) is 0 Å². The number of halogens is 1. The van der Waals surface area contributed by atoms with E-state index in [9.17, 15) is 4.39 Å². The van der Waals surface area contributed by atoms with Crippen LogP contribution in [0.1, 0.15) is 5.56 Å². The molecule has 2 aromatic rings. The standard InChI is InChI=1S/C13H13FN2/c1-15-8-11-7-12(14)4-5-13(11)10-3-2-6-16-9-10/h2-7,9,15H,8H2,1H3. The van der Waals surface area contributed by atoms with Crippen molar-refractivity contribution in [3.05, 3.63) is 54.1 Å². The first-order valence-electron chi connectivity index (χ1n) is 5.14. The second-order valence-corrected chi connectivity index (χ2v) is 3.57. The molecule has 2 rings (SSSR count). The van der Waals surface area contributed by atoms with Crippen molar-refractivity contribution in [3.8, 4) is 11.1 Å². The van der Waals surface area contributed by atoms with Gasteiger partial charge < -0.3 is 5.32 Å². The maximum absolute atomic E-state index is 13.1. The van der Waals surface area contributed by atoms with Crippen LogP contribution in [0.15, 0.2) is 42.7 Å². The molecular formula is C13H13FN2. The highest BCUT2D eigenvalue weighted by atomic mass is 19.1. The molecule has 1 aromatic heterocycles. The molecule has 0 bridgehead atoms. The minimum atomic E-state index is -0.210. The summed E-state index contributed by atoms with van der Waals surface area (Å²) in [6.07, 6.45) is 3.51. The molecule has 0 aliphatic carbocycles. The first-order chi connectivity index (χ1) is 7.81. The molecular weight excluding hydrogens is 203 g/mol. The molecule has 1 aromatic carbocycles. The van der Waals surface area contributed by atoms with Gasteiger partial charge in [0.1, 0.15) is 5.82 Å². The van der Waals surface area contributed by atoms with E-state index < -0.39 is 0 Å². The van der Waals surface area contributed by atoms with Gasteiger partial charge in [-0.3, -0.25) is 4.98 Å². The Morgan fingerprint density at radius 2 is 2.19 bits per heavy atom. The van der Waals surface area contributed by atoms with Crippen molar-refractivity contribution in [2.45, 2.75) is 6.54 Å². The van der Waals surface area contributed by atoms with Gasteiger partial charge in [0.15, 0.2) is 0 Å². The Hall–Kier alpha value is -1.74. The maximum Gasteiger partial charge on any atom is 0.123 e. The Kier molecular flexibility index (Phi) is 3.27. The first kappa shape index (κ1) is 10.8. The monoisotopic (exact) mass is 216 g/mol. The van der Waals surface area contributed by atoms with Crippen molar-refractivity contribution < 1.29 is 4.39 Å². The number of nitrogens with zero attached hydrogens (tertiary/aromatic N) is 1. The maximum atomic E-state index is 13.1. The quantitative estimate of drug-likeness (QED) is 0.853. The summed E-state index contributed by atoms with van der Waals surface area (Å²) in [6, 6.07) is 8.67. The third kappa shape index (κ3) is 2.25. The van der Waals surface area contributed by atoms with Gasteiger partial charge in [0, 0.05) is 24.5 Å². The van der Waals surface area contributed by atoms with E-state index in [2.05, 4.69) is 10.3 Å². The van der Waals surface area contributed by atoms with Gasteiger partial charge in [-0.1, -0.05) is 12.1 Å². The summed E-state index contributed by atoms with van der Waals surface area (Å²) in [5, 5.41) is 3.03. The number of pyridine rings is 1. The summed E-state index contributed by atoms with van der Waals surface area (Å²) >= 11 is 0. The topological polar surface area (TPSA) is 24.9 Å². The summed E-state index contributed by atoms with van der Waals surface area (Å²) in [5.41, 5.74) is 2.96. The lowest BCUT2D eigenvalue weighted by atomic mass is 10.0. The first-order valence-corrected chi connectivity index (χ1v) is 5.14. The van der Waals surface area contributed by atoms with Crippen LogP contribution < -0.4 is 5.32 Å². The number of hydrogen-bond acceptors (Lipinski definition) is 2. The van der Waals surface area contributed by atoms with Gasteiger partial charge in [-0.2, -0.15) is 0 Å². The zero-order chi connectivity index (χ0) is 11.4. The summed E-state index contributed by atoms with van der Waals surface area (Å²) in [7, 11) is 1.85. The van der Waals surface area contributed by atoms with Crippen molar-refractivity contribution in [1.82, 2.24) is 10.3 Å². The molecule has 0 aliphatic heterocycles. The molecule has 1 N–H and O–H groups in total. The molecule has 3 heteroatoms. The van der Waals surface area contributed by atoms with E-state index in [1.165, 1.54) is 6.07 Å². The smallest absolute Gasteiger partial charge is 0.123 e. The van der Waals surface area contributed by atoms with E-state index >= 15 is 0 Å². The SMILES string of the molecule is CNCc1cc(F)ccc1-c1cccnc1.